The first-order valence-corrected chi connectivity index (χ1v) is 9.90. The number of hydrogen-bond acceptors (Lipinski definition) is 10. The van der Waals surface area contributed by atoms with Gasteiger partial charge in [0.2, 0.25) is 0 Å². The largest absolute Gasteiger partial charge is 2.00 e. The molecule has 4 heterocycles. The van der Waals surface area contributed by atoms with Gasteiger partial charge in [-0.25, -0.2) is 0 Å². The Balaban J connectivity index is -0.0000000768. The SMILES string of the molecule is O.O.[Mo+2].[Mo+2].[N]=O.[N]=O.[S-]c1ccccn1.[S-]c1ccccn1.[S-]c1ccccn1.[S-]c1ccccn1. The summed E-state index contributed by atoms with van der Waals surface area (Å²) < 4.78 is 0. The van der Waals surface area contributed by atoms with Crippen LogP contribution in [0.4, 0.5) is 0 Å². The summed E-state index contributed by atoms with van der Waals surface area (Å²) in [5, 5.41) is 2.62. The number of nitrogens with zero attached hydrogens (tertiary/aromatic N) is 6. The fourth-order valence-electron chi connectivity index (χ4n) is 1.39. The van der Waals surface area contributed by atoms with Crippen LogP contribution in [0.15, 0.2) is 118 Å². The molecule has 4 aromatic heterocycles. The molecular formula is C20H20Mo2N6O4S4. The third-order valence-electron chi connectivity index (χ3n) is 2.55. The zero-order chi connectivity index (χ0) is 24.5. The first kappa shape index (κ1) is 47.2. The molecule has 0 saturated carbocycles. The van der Waals surface area contributed by atoms with Crippen LogP contribution in [0.1, 0.15) is 0 Å². The third-order valence-corrected chi connectivity index (χ3v) is 3.52. The van der Waals surface area contributed by atoms with Crippen LogP contribution in [-0.2, 0) is 92.6 Å². The van der Waals surface area contributed by atoms with E-state index < -0.39 is 0 Å². The summed E-state index contributed by atoms with van der Waals surface area (Å²) in [5.41, 5.74) is 11.5. The van der Waals surface area contributed by atoms with Gasteiger partial charge < -0.3 is 61.5 Å². The summed E-state index contributed by atoms with van der Waals surface area (Å²) in [6.07, 6.45) is 6.73. The van der Waals surface area contributed by atoms with E-state index in [0.717, 1.165) is 0 Å². The zero-order valence-corrected chi connectivity index (χ0v) is 25.5. The Morgan fingerprint density at radius 1 is 0.417 bits per heavy atom. The van der Waals surface area contributed by atoms with Gasteiger partial charge in [-0.05, 0) is 24.3 Å². The van der Waals surface area contributed by atoms with E-state index in [-0.39, 0.29) is 53.1 Å². The summed E-state index contributed by atoms with van der Waals surface area (Å²) in [4.78, 5) is 29.7. The Hall–Kier alpha value is -2.02. The molecular weight excluding hydrogens is 708 g/mol. The van der Waals surface area contributed by atoms with Gasteiger partial charge in [-0.3, -0.25) is 19.9 Å². The quantitative estimate of drug-likeness (QED) is 0.189. The maximum absolute atomic E-state index is 7.25. The molecule has 0 amide bonds. The second-order valence-corrected chi connectivity index (χ2v) is 6.35. The first-order chi connectivity index (χ1) is 15.6. The van der Waals surface area contributed by atoms with Gasteiger partial charge in [-0.2, -0.15) is 0 Å². The molecule has 0 unspecified atom stereocenters. The summed E-state index contributed by atoms with van der Waals surface area (Å²) in [5.74, 6) is 0. The standard InChI is InChI=1S/4C5H5NS.2Mo.2NO.2H2O/c4*7-5-3-1-2-4-6-5;;;2*1-2;;/h4*1-4H,(H,6,7);;;;;2*1H2/q;;;;2*+2;;;;/p-4. The van der Waals surface area contributed by atoms with Crippen molar-refractivity contribution in [2.45, 2.75) is 20.1 Å². The minimum absolute atomic E-state index is 0. The van der Waals surface area contributed by atoms with Gasteiger partial charge in [0.15, 0.2) is 0 Å². The molecule has 36 heavy (non-hydrogen) atoms. The van der Waals surface area contributed by atoms with Gasteiger partial charge in [0, 0.05) is 24.8 Å². The predicted molar refractivity (Wildman–Crippen MR) is 138 cm³/mol. The van der Waals surface area contributed by atoms with Crippen LogP contribution in [0.3, 0.4) is 0 Å². The van der Waals surface area contributed by atoms with E-state index >= 15 is 0 Å². The Labute approximate surface area is 260 Å². The third kappa shape index (κ3) is 34.1. The Kier molecular flexibility index (Phi) is 49.2. The maximum Gasteiger partial charge on any atom is 2.00 e. The van der Waals surface area contributed by atoms with Gasteiger partial charge in [0.25, 0.3) is 0 Å². The molecule has 16 heteroatoms. The molecule has 4 aromatic rings. The Bertz CT molecular complexity index is 765. The minimum atomic E-state index is 0. The van der Waals surface area contributed by atoms with Crippen LogP contribution < -0.4 is 11.2 Å². The fraction of sp³-hybridized carbons (Fsp3) is 0. The molecule has 4 N–H and O–H groups in total. The van der Waals surface area contributed by atoms with Gasteiger partial charge >= 0.3 is 42.1 Å². The summed E-state index contributed by atoms with van der Waals surface area (Å²) in [6, 6.07) is 22.0. The monoisotopic (exact) mass is 732 g/mol. The number of hydrogen-bond donors (Lipinski definition) is 0. The molecule has 0 aliphatic heterocycles. The molecule has 0 bridgehead atoms. The summed E-state index contributed by atoms with van der Waals surface area (Å²) in [7, 11) is 0. The van der Waals surface area contributed by atoms with Gasteiger partial charge in [0.1, 0.15) is 11.2 Å². The van der Waals surface area contributed by atoms with E-state index in [4.69, 9.17) is 71.5 Å². The van der Waals surface area contributed by atoms with E-state index in [1.54, 1.807) is 49.1 Å². The normalized spacial score (nSPS) is 6.89. The van der Waals surface area contributed by atoms with Crippen molar-refractivity contribution in [2.75, 3.05) is 0 Å². The molecule has 0 atom stereocenters. The minimum Gasteiger partial charge on any atom is -0.760 e. The molecule has 0 aliphatic rings. The molecule has 4 rings (SSSR count). The van der Waals surface area contributed by atoms with E-state index in [9.17, 15) is 0 Å². The van der Waals surface area contributed by atoms with Crippen molar-refractivity contribution in [1.82, 2.24) is 31.1 Å². The Morgan fingerprint density at radius 3 is 0.639 bits per heavy atom. The van der Waals surface area contributed by atoms with E-state index in [0.29, 0.717) is 20.1 Å². The molecule has 0 fully saturated rings. The maximum atomic E-state index is 7.25. The molecule has 0 aliphatic carbocycles. The molecule has 0 saturated heterocycles. The molecule has 0 spiro atoms. The van der Waals surface area contributed by atoms with Crippen molar-refractivity contribution in [3.05, 3.63) is 107 Å². The number of aromatic nitrogens is 4. The van der Waals surface area contributed by atoms with Crippen LogP contribution in [0.25, 0.3) is 0 Å². The summed E-state index contributed by atoms with van der Waals surface area (Å²) >= 11 is 18.8. The van der Waals surface area contributed by atoms with Crippen LogP contribution in [-0.4, -0.2) is 30.9 Å². The number of nitroso groups, excluding NO2 is 2. The molecule has 10 nitrogen and oxygen atoms in total. The van der Waals surface area contributed by atoms with Crippen molar-refractivity contribution in [1.29, 1.82) is 0 Å². The van der Waals surface area contributed by atoms with Crippen molar-refractivity contribution in [3.8, 4) is 0 Å². The summed E-state index contributed by atoms with van der Waals surface area (Å²) in [6.45, 7) is 0. The smallest absolute Gasteiger partial charge is 0.760 e. The van der Waals surface area contributed by atoms with Crippen LogP contribution in [0.2, 0.25) is 0 Å². The first-order valence-electron chi connectivity index (χ1n) is 8.26. The fourth-order valence-corrected chi connectivity index (χ4v) is 1.95. The number of rotatable bonds is 0. The van der Waals surface area contributed by atoms with E-state index in [1.165, 1.54) is 0 Å². The van der Waals surface area contributed by atoms with Crippen LogP contribution in [0, 0.1) is 9.81 Å². The molecule has 190 valence electrons. The molecule has 2 radical (unpaired) electrons. The topological polar surface area (TPSA) is 193 Å². The van der Waals surface area contributed by atoms with Crippen LogP contribution >= 0.6 is 0 Å². The van der Waals surface area contributed by atoms with Gasteiger partial charge in [-0.15, -0.1) is 9.81 Å². The van der Waals surface area contributed by atoms with E-state index in [2.05, 4.69) is 19.9 Å². The average molecular weight is 729 g/mol. The van der Waals surface area contributed by atoms with Crippen molar-refractivity contribution < 1.29 is 53.1 Å². The van der Waals surface area contributed by atoms with Crippen molar-refractivity contribution in [2.24, 2.45) is 0 Å². The predicted octanol–water partition coefficient (Wildman–Crippen LogP) is 1.40. The van der Waals surface area contributed by atoms with Crippen molar-refractivity contribution in [3.63, 3.8) is 0 Å². The van der Waals surface area contributed by atoms with Gasteiger partial charge in [-0.1, -0.05) is 68.6 Å². The second kappa shape index (κ2) is 37.5. The number of pyridine rings is 4. The van der Waals surface area contributed by atoms with Crippen LogP contribution in [0.5, 0.6) is 0 Å². The van der Waals surface area contributed by atoms with Gasteiger partial charge in [0.05, 0.1) is 0 Å². The Morgan fingerprint density at radius 2 is 0.583 bits per heavy atom. The zero-order valence-electron chi connectivity index (χ0n) is 18.2. The average Bonchev–Trinajstić information content (AvgIpc) is 2.85. The second-order valence-electron chi connectivity index (χ2n) is 4.67. The molecule has 0 aromatic carbocycles. The van der Waals surface area contributed by atoms with Crippen molar-refractivity contribution >= 4 is 50.5 Å². The van der Waals surface area contributed by atoms with E-state index in [1.807, 2.05) is 48.5 Å².